The second-order valence-electron chi connectivity index (χ2n) is 5.72. The third kappa shape index (κ3) is 5.44. The molecule has 4 nitrogen and oxygen atoms in total. The van der Waals surface area contributed by atoms with Gasteiger partial charge in [0, 0.05) is 31.7 Å². The monoisotopic (exact) mass is 296 g/mol. The molecular weight excluding hydrogens is 271 g/mol. The molecule has 0 amide bonds. The molecule has 0 radical (unpaired) electrons. The van der Waals surface area contributed by atoms with Crippen LogP contribution >= 0.6 is 0 Å². The van der Waals surface area contributed by atoms with Crippen LogP contribution in [0.4, 0.5) is 4.39 Å². The lowest BCUT2D eigenvalue weighted by Gasteiger charge is -2.30. The van der Waals surface area contributed by atoms with Crippen LogP contribution in [0.2, 0.25) is 0 Å². The number of benzene rings is 1. The molecule has 2 N–H and O–H groups in total. The van der Waals surface area contributed by atoms with Crippen molar-refractivity contribution in [3.63, 3.8) is 0 Å². The Balaban J connectivity index is 2.46. The maximum atomic E-state index is 13.5. The predicted molar refractivity (Wildman–Crippen MR) is 82.0 cm³/mol. The van der Waals surface area contributed by atoms with Crippen LogP contribution in [0.3, 0.4) is 0 Å². The van der Waals surface area contributed by atoms with Crippen molar-refractivity contribution in [3.8, 4) is 0 Å². The number of nitrogens with zero attached hydrogens (tertiary/aromatic N) is 1. The fourth-order valence-electron chi connectivity index (χ4n) is 2.40. The fourth-order valence-corrected chi connectivity index (χ4v) is 2.40. The first-order valence-electron chi connectivity index (χ1n) is 7.31. The quantitative estimate of drug-likeness (QED) is 0.724. The largest absolute Gasteiger partial charge is 0.478 e. The van der Waals surface area contributed by atoms with Gasteiger partial charge in [-0.3, -0.25) is 4.90 Å². The lowest BCUT2D eigenvalue weighted by atomic mass is 10.1. The Bertz CT molecular complexity index is 467. The lowest BCUT2D eigenvalue weighted by Crippen LogP contribution is -2.41. The molecule has 0 aliphatic heterocycles. The molecule has 0 unspecified atom stereocenters. The summed E-state index contributed by atoms with van der Waals surface area (Å²) in [5, 5.41) is 12.0. The standard InChI is InChI=1S/C16H25FN2O2/c1-11(2)19(12(3)4)8-7-18-10-13-5-6-14(16(20)21)15(17)9-13/h5-6,9,11-12,18H,7-8,10H2,1-4H3,(H,20,21). The molecule has 0 aliphatic carbocycles. The third-order valence-electron chi connectivity index (χ3n) is 3.47. The zero-order valence-electron chi connectivity index (χ0n) is 13.2. The zero-order valence-corrected chi connectivity index (χ0v) is 13.2. The van der Waals surface area contributed by atoms with E-state index < -0.39 is 11.8 Å². The van der Waals surface area contributed by atoms with E-state index in [1.807, 2.05) is 0 Å². The molecule has 1 aromatic rings. The topological polar surface area (TPSA) is 52.6 Å². The predicted octanol–water partition coefficient (Wildman–Crippen LogP) is 2.73. The number of hydrogen-bond donors (Lipinski definition) is 2. The zero-order chi connectivity index (χ0) is 16.0. The van der Waals surface area contributed by atoms with Gasteiger partial charge in [-0.05, 0) is 45.4 Å². The van der Waals surface area contributed by atoms with Crippen LogP contribution < -0.4 is 5.32 Å². The number of carboxylic acid groups (broad SMARTS) is 1. The van der Waals surface area contributed by atoms with Crippen LogP contribution in [0.1, 0.15) is 43.6 Å². The van der Waals surface area contributed by atoms with Crippen molar-refractivity contribution in [1.29, 1.82) is 0 Å². The van der Waals surface area contributed by atoms with Gasteiger partial charge >= 0.3 is 5.97 Å². The average molecular weight is 296 g/mol. The molecule has 1 aromatic carbocycles. The maximum Gasteiger partial charge on any atom is 0.338 e. The van der Waals surface area contributed by atoms with Gasteiger partial charge in [-0.15, -0.1) is 0 Å². The lowest BCUT2D eigenvalue weighted by molar-refractivity contribution is 0.0692. The minimum atomic E-state index is -1.24. The summed E-state index contributed by atoms with van der Waals surface area (Å²) in [5.74, 6) is -1.93. The normalized spacial score (nSPS) is 11.6. The average Bonchev–Trinajstić information content (AvgIpc) is 2.37. The summed E-state index contributed by atoms with van der Waals surface area (Å²) in [6, 6.07) is 5.20. The molecule has 5 heteroatoms. The molecule has 0 aliphatic rings. The van der Waals surface area contributed by atoms with Gasteiger partial charge in [0.2, 0.25) is 0 Å². The molecule has 0 saturated carbocycles. The Morgan fingerprint density at radius 3 is 2.38 bits per heavy atom. The number of rotatable bonds is 8. The molecule has 0 saturated heterocycles. The summed E-state index contributed by atoms with van der Waals surface area (Å²) in [7, 11) is 0. The van der Waals surface area contributed by atoms with Crippen molar-refractivity contribution < 1.29 is 14.3 Å². The SMILES string of the molecule is CC(C)N(CCNCc1ccc(C(=O)O)c(F)c1)C(C)C. The van der Waals surface area contributed by atoms with Gasteiger partial charge in [0.05, 0.1) is 5.56 Å². The van der Waals surface area contributed by atoms with E-state index in [1.54, 1.807) is 6.07 Å². The summed E-state index contributed by atoms with van der Waals surface area (Å²) >= 11 is 0. The minimum Gasteiger partial charge on any atom is -0.478 e. The Labute approximate surface area is 126 Å². The molecule has 0 heterocycles. The van der Waals surface area contributed by atoms with Gasteiger partial charge in [-0.25, -0.2) is 9.18 Å². The summed E-state index contributed by atoms with van der Waals surface area (Å²) in [4.78, 5) is 13.1. The molecule has 0 bridgehead atoms. The van der Waals surface area contributed by atoms with Crippen LogP contribution in [0.5, 0.6) is 0 Å². The van der Waals surface area contributed by atoms with Crippen molar-refractivity contribution >= 4 is 5.97 Å². The van der Waals surface area contributed by atoms with E-state index in [9.17, 15) is 9.18 Å². The first-order valence-corrected chi connectivity index (χ1v) is 7.31. The van der Waals surface area contributed by atoms with Crippen molar-refractivity contribution in [2.75, 3.05) is 13.1 Å². The van der Waals surface area contributed by atoms with E-state index in [4.69, 9.17) is 5.11 Å². The summed E-state index contributed by atoms with van der Waals surface area (Å²) in [6.07, 6.45) is 0. The molecule has 0 fully saturated rings. The van der Waals surface area contributed by atoms with E-state index in [0.29, 0.717) is 18.6 Å². The Hall–Kier alpha value is -1.46. The molecule has 21 heavy (non-hydrogen) atoms. The van der Waals surface area contributed by atoms with Gasteiger partial charge in [0.15, 0.2) is 0 Å². The third-order valence-corrected chi connectivity index (χ3v) is 3.47. The van der Waals surface area contributed by atoms with Gasteiger partial charge < -0.3 is 10.4 Å². The smallest absolute Gasteiger partial charge is 0.338 e. The van der Waals surface area contributed by atoms with Crippen molar-refractivity contribution in [2.45, 2.75) is 46.3 Å². The van der Waals surface area contributed by atoms with Crippen LogP contribution in [0.15, 0.2) is 18.2 Å². The minimum absolute atomic E-state index is 0.287. The number of halogens is 1. The molecule has 1 rings (SSSR count). The molecule has 0 atom stereocenters. The van der Waals surface area contributed by atoms with E-state index in [1.165, 1.54) is 12.1 Å². The van der Waals surface area contributed by atoms with Crippen molar-refractivity contribution in [1.82, 2.24) is 10.2 Å². The maximum absolute atomic E-state index is 13.5. The van der Waals surface area contributed by atoms with Gasteiger partial charge in [-0.1, -0.05) is 6.07 Å². The number of carboxylic acids is 1. The summed E-state index contributed by atoms with van der Waals surface area (Å²) in [5.41, 5.74) is 0.461. The number of aromatic carboxylic acids is 1. The Kier molecular flexibility index (Phi) is 6.78. The summed E-state index contributed by atoms with van der Waals surface area (Å²) in [6.45, 7) is 10.9. The Morgan fingerprint density at radius 2 is 1.90 bits per heavy atom. The number of hydrogen-bond acceptors (Lipinski definition) is 3. The number of carbonyl (C=O) groups is 1. The molecular formula is C16H25FN2O2. The van der Waals surface area contributed by atoms with Gasteiger partial charge in [0.1, 0.15) is 5.82 Å². The number of nitrogens with one attached hydrogen (secondary N) is 1. The first kappa shape index (κ1) is 17.6. The van der Waals surface area contributed by atoms with Crippen LogP contribution in [-0.2, 0) is 6.54 Å². The van der Waals surface area contributed by atoms with Gasteiger partial charge in [-0.2, -0.15) is 0 Å². The highest BCUT2D eigenvalue weighted by Crippen LogP contribution is 2.10. The second-order valence-corrected chi connectivity index (χ2v) is 5.72. The van der Waals surface area contributed by atoms with E-state index in [0.717, 1.165) is 18.7 Å². The highest BCUT2D eigenvalue weighted by Gasteiger charge is 2.13. The van der Waals surface area contributed by atoms with Crippen LogP contribution in [0, 0.1) is 5.82 Å². The molecule has 0 aromatic heterocycles. The van der Waals surface area contributed by atoms with Crippen LogP contribution in [0.25, 0.3) is 0 Å². The van der Waals surface area contributed by atoms with Crippen molar-refractivity contribution in [3.05, 3.63) is 35.1 Å². The van der Waals surface area contributed by atoms with E-state index in [2.05, 4.69) is 37.9 Å². The van der Waals surface area contributed by atoms with Gasteiger partial charge in [0.25, 0.3) is 0 Å². The highest BCUT2D eigenvalue weighted by molar-refractivity contribution is 5.87. The van der Waals surface area contributed by atoms with E-state index >= 15 is 0 Å². The fraction of sp³-hybridized carbons (Fsp3) is 0.562. The second kappa shape index (κ2) is 8.10. The Morgan fingerprint density at radius 1 is 1.29 bits per heavy atom. The highest BCUT2D eigenvalue weighted by atomic mass is 19.1. The summed E-state index contributed by atoms with van der Waals surface area (Å²) < 4.78 is 13.5. The van der Waals surface area contributed by atoms with Crippen LogP contribution in [-0.4, -0.2) is 41.1 Å². The first-order chi connectivity index (χ1) is 9.82. The van der Waals surface area contributed by atoms with E-state index in [-0.39, 0.29) is 5.56 Å². The molecule has 0 spiro atoms. The molecule has 118 valence electrons. The van der Waals surface area contributed by atoms with Crippen molar-refractivity contribution in [2.24, 2.45) is 0 Å².